The molecule has 0 amide bonds. The summed E-state index contributed by atoms with van der Waals surface area (Å²) in [6, 6.07) is 0. The van der Waals surface area contributed by atoms with Crippen LogP contribution in [0.25, 0.3) is 0 Å². The van der Waals surface area contributed by atoms with Crippen LogP contribution in [-0.4, -0.2) is 58.5 Å². The van der Waals surface area contributed by atoms with Crippen LogP contribution in [-0.2, 0) is 38.1 Å². The molecule has 1 N–H and O–H groups in total. The van der Waals surface area contributed by atoms with Gasteiger partial charge >= 0.3 is 23.9 Å². The van der Waals surface area contributed by atoms with Crippen molar-refractivity contribution in [2.24, 2.45) is 59.2 Å². The smallest absolute Gasteiger partial charge is 0.333 e. The zero-order chi connectivity index (χ0) is 36.6. The predicted molar refractivity (Wildman–Crippen MR) is 188 cm³/mol. The second-order valence-electron chi connectivity index (χ2n) is 18.6. The number of aliphatic hydroxyl groups is 1. The molecule has 7 unspecified atom stereocenters. The summed E-state index contributed by atoms with van der Waals surface area (Å²) in [5.74, 6) is 4.16. The van der Waals surface area contributed by atoms with E-state index in [1.54, 1.807) is 20.8 Å². The lowest BCUT2D eigenvalue weighted by atomic mass is 9.50. The second kappa shape index (κ2) is 13.2. The highest BCUT2D eigenvalue weighted by Crippen LogP contribution is 2.61. The van der Waals surface area contributed by atoms with Crippen molar-refractivity contribution in [3.05, 3.63) is 36.5 Å². The van der Waals surface area contributed by atoms with Gasteiger partial charge in [0.25, 0.3) is 0 Å². The zero-order valence-electron chi connectivity index (χ0n) is 31.1. The molecule has 10 saturated carbocycles. The first-order chi connectivity index (χ1) is 24.0. The third-order valence-electron chi connectivity index (χ3n) is 14.5. The molecule has 0 radical (unpaired) electrons. The van der Waals surface area contributed by atoms with Crippen molar-refractivity contribution in [1.29, 1.82) is 0 Å². The van der Waals surface area contributed by atoms with Crippen molar-refractivity contribution >= 4 is 23.9 Å². The fraction of sp³-hybridized carbons (Fsp3) is 0.762. The van der Waals surface area contributed by atoms with Gasteiger partial charge in [-0.3, -0.25) is 4.79 Å². The minimum Gasteiger partial charge on any atom is -0.465 e. The Bertz CT molecular complexity index is 1460. The first kappa shape index (κ1) is 36.4. The van der Waals surface area contributed by atoms with Crippen LogP contribution < -0.4 is 0 Å². The summed E-state index contributed by atoms with van der Waals surface area (Å²) < 4.78 is 22.0. The van der Waals surface area contributed by atoms with Gasteiger partial charge in [-0.15, -0.1) is 0 Å². The van der Waals surface area contributed by atoms with Gasteiger partial charge < -0.3 is 24.1 Å². The largest absolute Gasteiger partial charge is 0.465 e. The average Bonchev–Trinajstić information content (AvgIpc) is 3.72. The lowest BCUT2D eigenvalue weighted by Gasteiger charge is -2.59. The monoisotopic (exact) mass is 706 g/mol. The van der Waals surface area contributed by atoms with E-state index in [9.17, 15) is 24.3 Å². The molecule has 9 nitrogen and oxygen atoms in total. The lowest BCUT2D eigenvalue weighted by Crippen LogP contribution is -2.60. The number of fused-ring (bicyclic) bond motifs is 5. The van der Waals surface area contributed by atoms with Crippen LogP contribution in [0.3, 0.4) is 0 Å². The van der Waals surface area contributed by atoms with Gasteiger partial charge in [-0.2, -0.15) is 0 Å². The van der Waals surface area contributed by atoms with Crippen LogP contribution in [0.4, 0.5) is 0 Å². The molecule has 11 rings (SSSR count). The maximum atomic E-state index is 11.8. The normalized spacial score (nSPS) is 45.4. The summed E-state index contributed by atoms with van der Waals surface area (Å²) in [5, 5.41) is 10.5. The van der Waals surface area contributed by atoms with E-state index < -0.39 is 11.2 Å². The first-order valence-electron chi connectivity index (χ1n) is 19.5. The molecule has 0 aromatic rings. The first-order valence-corrected chi connectivity index (χ1v) is 19.5. The summed E-state index contributed by atoms with van der Waals surface area (Å²) in [6.45, 7) is 18.7. The Morgan fingerprint density at radius 1 is 0.706 bits per heavy atom. The molecule has 1 heterocycles. The molecule has 11 aliphatic rings. The topological polar surface area (TPSA) is 125 Å². The molecule has 51 heavy (non-hydrogen) atoms. The average molecular weight is 707 g/mol. The fourth-order valence-corrected chi connectivity index (χ4v) is 12.8. The van der Waals surface area contributed by atoms with Crippen molar-refractivity contribution in [3.63, 3.8) is 0 Å². The van der Waals surface area contributed by atoms with Crippen molar-refractivity contribution in [2.45, 2.75) is 134 Å². The molecule has 1 aliphatic heterocycles. The molecule has 7 atom stereocenters. The highest BCUT2D eigenvalue weighted by atomic mass is 16.6. The van der Waals surface area contributed by atoms with E-state index in [0.717, 1.165) is 50.4 Å². The molecule has 0 aromatic carbocycles. The van der Waals surface area contributed by atoms with E-state index in [1.807, 2.05) is 0 Å². The maximum absolute atomic E-state index is 11.8. The Balaban J connectivity index is 0.000000119. The predicted octanol–water partition coefficient (Wildman–Crippen LogP) is 6.81. The summed E-state index contributed by atoms with van der Waals surface area (Å²) in [6.07, 6.45) is 13.8. The van der Waals surface area contributed by atoms with E-state index in [4.69, 9.17) is 18.9 Å². The van der Waals surface area contributed by atoms with Crippen LogP contribution in [0.15, 0.2) is 36.5 Å². The van der Waals surface area contributed by atoms with Crippen molar-refractivity contribution in [3.8, 4) is 0 Å². The zero-order valence-corrected chi connectivity index (χ0v) is 31.1. The van der Waals surface area contributed by atoms with E-state index >= 15 is 0 Å². The van der Waals surface area contributed by atoms with Crippen LogP contribution in [0.1, 0.15) is 111 Å². The van der Waals surface area contributed by atoms with Gasteiger partial charge in [0.1, 0.15) is 17.3 Å². The molecule has 0 spiro atoms. The Hall–Kier alpha value is -2.94. The molecule has 9 heteroatoms. The summed E-state index contributed by atoms with van der Waals surface area (Å²) in [4.78, 5) is 46.7. The Kier molecular flexibility index (Phi) is 9.41. The van der Waals surface area contributed by atoms with Crippen LogP contribution >= 0.6 is 0 Å². The number of carbonyl (C=O) groups excluding carboxylic acids is 4. The van der Waals surface area contributed by atoms with Crippen LogP contribution in [0.2, 0.25) is 0 Å². The van der Waals surface area contributed by atoms with Gasteiger partial charge in [-0.1, -0.05) is 19.7 Å². The molecule has 280 valence electrons. The lowest BCUT2D eigenvalue weighted by molar-refractivity contribution is -0.217. The van der Waals surface area contributed by atoms with Crippen molar-refractivity contribution in [1.82, 2.24) is 0 Å². The van der Waals surface area contributed by atoms with Gasteiger partial charge in [0.05, 0.1) is 18.1 Å². The number of hydrogen-bond acceptors (Lipinski definition) is 9. The third kappa shape index (κ3) is 6.86. The van der Waals surface area contributed by atoms with E-state index in [1.165, 1.54) is 38.5 Å². The summed E-state index contributed by atoms with van der Waals surface area (Å²) >= 11 is 0. The van der Waals surface area contributed by atoms with Crippen LogP contribution in [0, 0.1) is 59.2 Å². The second-order valence-corrected chi connectivity index (χ2v) is 18.6. The molecule has 1 saturated heterocycles. The quantitative estimate of drug-likeness (QED) is 0.180. The van der Waals surface area contributed by atoms with E-state index in [-0.39, 0.29) is 47.4 Å². The molecular formula is C42H58O9. The van der Waals surface area contributed by atoms with Gasteiger partial charge in [0.15, 0.2) is 0 Å². The third-order valence-corrected chi connectivity index (χ3v) is 14.5. The fourth-order valence-electron chi connectivity index (χ4n) is 12.8. The number of ether oxygens (including phenoxy) is 4. The van der Waals surface area contributed by atoms with Gasteiger partial charge in [0.2, 0.25) is 0 Å². The number of rotatable bonds is 6. The Morgan fingerprint density at radius 2 is 1.24 bits per heavy atom. The summed E-state index contributed by atoms with van der Waals surface area (Å²) in [7, 11) is 0. The molecule has 10 bridgehead atoms. The number of carbonyl (C=O) groups is 4. The molecule has 10 aliphatic carbocycles. The number of cyclic esters (lactones) is 1. The van der Waals surface area contributed by atoms with Gasteiger partial charge in [-0.05, 0) is 146 Å². The SMILES string of the molecule is C=C(C)C(=O)OC1(C)C2CC3CC(C2)CC1C3.C=C(C)C(=O)OC12CC3CC(CC(O)(C3)C1)C2.C=C(C)C(=O)OC1CC2CC1C1C(=O)OCC21. The minimum atomic E-state index is -0.570. The minimum absolute atomic E-state index is 0.0309. The molecule has 0 aromatic heterocycles. The number of esters is 4. The van der Waals surface area contributed by atoms with Gasteiger partial charge in [-0.25, -0.2) is 14.4 Å². The Labute approximate surface area is 302 Å². The van der Waals surface area contributed by atoms with Crippen molar-refractivity contribution in [2.75, 3.05) is 6.61 Å². The van der Waals surface area contributed by atoms with Gasteiger partial charge in [0, 0.05) is 35.0 Å². The molecule has 11 fully saturated rings. The highest BCUT2D eigenvalue weighted by molar-refractivity contribution is 5.88. The van der Waals surface area contributed by atoms with E-state index in [0.29, 0.717) is 65.3 Å². The van der Waals surface area contributed by atoms with Crippen LogP contribution in [0.5, 0.6) is 0 Å². The standard InChI is InChI=1S/C15H22O2.C14H20O3.C13H16O4/c1-9(2)14(16)17-15(3)12-5-10-4-11(7-12)8-13(15)6-10;1-9(2)12(15)17-14-6-10-3-11(7-14)5-13(16,4-10)8-14;1-6(2)12(14)17-10-4-7-3-8(10)11-9(7)5-16-13(11)15/h10-13H,1,4-8H2,2-3H3;10-11,16H,1,3-8H2,2H3;7-11H,1,3-5H2,2H3. The Morgan fingerprint density at radius 3 is 1.76 bits per heavy atom. The van der Waals surface area contributed by atoms with Crippen molar-refractivity contribution < 1.29 is 43.2 Å². The molecular weight excluding hydrogens is 648 g/mol. The number of hydrogen-bond donors (Lipinski definition) is 1. The summed E-state index contributed by atoms with van der Waals surface area (Å²) in [5.41, 5.74) is 0.226. The maximum Gasteiger partial charge on any atom is 0.333 e. The highest BCUT2D eigenvalue weighted by Gasteiger charge is 2.61. The van der Waals surface area contributed by atoms with E-state index in [2.05, 4.69) is 26.7 Å².